The fraction of sp³-hybridized carbons (Fsp3) is 0.500. The molecule has 4 heteroatoms. The molecule has 2 unspecified atom stereocenters. The zero-order valence-electron chi connectivity index (χ0n) is 14.9. The van der Waals surface area contributed by atoms with E-state index in [1.54, 1.807) is 39.0 Å². The van der Waals surface area contributed by atoms with Crippen LogP contribution in [0.15, 0.2) is 46.8 Å². The van der Waals surface area contributed by atoms with E-state index in [2.05, 4.69) is 0 Å². The first-order chi connectivity index (χ1) is 11.0. The van der Waals surface area contributed by atoms with Gasteiger partial charge in [0.15, 0.2) is 11.4 Å². The van der Waals surface area contributed by atoms with Gasteiger partial charge in [0, 0.05) is 24.0 Å². The van der Waals surface area contributed by atoms with Gasteiger partial charge in [0.1, 0.15) is 5.76 Å². The molecule has 0 saturated heterocycles. The largest absolute Gasteiger partial charge is 0.478 e. The fourth-order valence-corrected chi connectivity index (χ4v) is 3.71. The van der Waals surface area contributed by atoms with Crippen molar-refractivity contribution < 1.29 is 19.4 Å². The molecule has 0 fully saturated rings. The van der Waals surface area contributed by atoms with Crippen LogP contribution in [-0.2, 0) is 14.3 Å². The highest BCUT2D eigenvalue weighted by Gasteiger charge is 2.57. The highest BCUT2D eigenvalue weighted by Crippen LogP contribution is 2.50. The van der Waals surface area contributed by atoms with E-state index in [1.165, 1.54) is 0 Å². The molecule has 2 heterocycles. The second-order valence-electron chi connectivity index (χ2n) is 8.13. The first-order valence-electron chi connectivity index (χ1n) is 8.27. The number of fused-ring (bicyclic) bond motifs is 1. The third-order valence-electron chi connectivity index (χ3n) is 5.03. The van der Waals surface area contributed by atoms with Crippen molar-refractivity contribution in [3.8, 4) is 0 Å². The van der Waals surface area contributed by atoms with Crippen LogP contribution >= 0.6 is 0 Å². The molecule has 2 atom stereocenters. The number of ketones is 2. The third kappa shape index (κ3) is 2.59. The summed E-state index contributed by atoms with van der Waals surface area (Å²) in [6, 6.07) is 0. The lowest BCUT2D eigenvalue weighted by Gasteiger charge is -2.29. The van der Waals surface area contributed by atoms with Crippen LogP contribution in [0.25, 0.3) is 0 Å². The van der Waals surface area contributed by atoms with Gasteiger partial charge in [-0.1, -0.05) is 19.9 Å². The van der Waals surface area contributed by atoms with Crippen molar-refractivity contribution in [3.05, 3.63) is 46.8 Å². The van der Waals surface area contributed by atoms with Gasteiger partial charge in [-0.05, 0) is 50.0 Å². The predicted molar refractivity (Wildman–Crippen MR) is 91.1 cm³/mol. The molecule has 0 amide bonds. The van der Waals surface area contributed by atoms with Crippen molar-refractivity contribution in [3.63, 3.8) is 0 Å². The van der Waals surface area contributed by atoms with Crippen molar-refractivity contribution in [2.75, 3.05) is 0 Å². The van der Waals surface area contributed by atoms with Crippen LogP contribution in [0.1, 0.15) is 47.5 Å². The summed E-state index contributed by atoms with van der Waals surface area (Å²) in [6.45, 7) is 9.18. The number of ether oxygens (including phenoxy) is 1. The maximum atomic E-state index is 13.0. The summed E-state index contributed by atoms with van der Waals surface area (Å²) >= 11 is 0. The van der Waals surface area contributed by atoms with Gasteiger partial charge in [-0.25, -0.2) is 0 Å². The van der Waals surface area contributed by atoms with Crippen LogP contribution in [0.2, 0.25) is 0 Å². The van der Waals surface area contributed by atoms with E-state index in [4.69, 9.17) is 4.74 Å². The number of allylic oxidation sites excluding steroid dienone is 4. The number of carbonyl (C=O) groups excluding carboxylic acids is 2. The molecule has 0 aromatic carbocycles. The normalized spacial score (nSPS) is 38.8. The Kier molecular flexibility index (Phi) is 3.54. The molecule has 2 bridgehead atoms. The first kappa shape index (κ1) is 16.9. The fourth-order valence-electron chi connectivity index (χ4n) is 3.71. The molecule has 0 aromatic heterocycles. The third-order valence-corrected chi connectivity index (χ3v) is 5.03. The van der Waals surface area contributed by atoms with E-state index in [9.17, 15) is 14.7 Å². The Balaban J connectivity index is 2.20. The van der Waals surface area contributed by atoms with Crippen molar-refractivity contribution in [1.82, 2.24) is 0 Å². The van der Waals surface area contributed by atoms with Crippen molar-refractivity contribution in [1.29, 1.82) is 0 Å². The number of rotatable bonds is 0. The van der Waals surface area contributed by atoms with E-state index in [-0.39, 0.29) is 23.4 Å². The maximum Gasteiger partial charge on any atom is 0.210 e. The van der Waals surface area contributed by atoms with Crippen molar-refractivity contribution >= 4 is 11.6 Å². The maximum absolute atomic E-state index is 13.0. The molecular formula is C20H24O4. The molecule has 0 radical (unpaired) electrons. The van der Waals surface area contributed by atoms with Crippen molar-refractivity contribution in [2.24, 2.45) is 5.41 Å². The summed E-state index contributed by atoms with van der Waals surface area (Å²) < 4.78 is 6.20. The smallest absolute Gasteiger partial charge is 0.210 e. The summed E-state index contributed by atoms with van der Waals surface area (Å²) in [5, 5.41) is 10.5. The predicted octanol–water partition coefficient (Wildman–Crippen LogP) is 3.18. The summed E-state index contributed by atoms with van der Waals surface area (Å²) in [4.78, 5) is 25.4. The molecule has 2 aliphatic heterocycles. The van der Waals surface area contributed by atoms with E-state index < -0.39 is 11.2 Å². The van der Waals surface area contributed by atoms with Crippen LogP contribution in [0.4, 0.5) is 0 Å². The molecule has 0 aromatic rings. The highest BCUT2D eigenvalue weighted by molar-refractivity contribution is 6.08. The monoisotopic (exact) mass is 328 g/mol. The lowest BCUT2D eigenvalue weighted by atomic mass is 9.83. The average molecular weight is 328 g/mol. The summed E-state index contributed by atoms with van der Waals surface area (Å²) in [5.41, 5.74) is -0.951. The Morgan fingerprint density at radius 1 is 1.17 bits per heavy atom. The number of hydrogen-bond donors (Lipinski definition) is 1. The molecular weight excluding hydrogens is 304 g/mol. The minimum absolute atomic E-state index is 0.0957. The standard InChI is InChI=1S/C20H24O4/c1-12-8-14-9-19(5,23)11-20(14)17(22)13(2)16(24-20)10-18(3,4)7-6-15(12)21/h6-9,23H,10-11H2,1-5H3/b7-6-,12-8-. The Labute approximate surface area is 142 Å². The molecule has 1 spiro atoms. The first-order valence-corrected chi connectivity index (χ1v) is 8.27. The number of hydrogen-bond acceptors (Lipinski definition) is 4. The minimum Gasteiger partial charge on any atom is -0.478 e. The Bertz CT molecular complexity index is 759. The Morgan fingerprint density at radius 2 is 1.83 bits per heavy atom. The quantitative estimate of drug-likeness (QED) is 0.742. The molecule has 3 rings (SSSR count). The molecule has 24 heavy (non-hydrogen) atoms. The van der Waals surface area contributed by atoms with E-state index in [0.717, 1.165) is 0 Å². The van der Waals surface area contributed by atoms with E-state index in [1.807, 2.05) is 19.9 Å². The van der Waals surface area contributed by atoms with Crippen LogP contribution in [-0.4, -0.2) is 27.9 Å². The number of carbonyl (C=O) groups is 2. The van der Waals surface area contributed by atoms with Crippen LogP contribution in [0.3, 0.4) is 0 Å². The van der Waals surface area contributed by atoms with Gasteiger partial charge < -0.3 is 9.84 Å². The number of aliphatic hydroxyl groups is 1. The van der Waals surface area contributed by atoms with Gasteiger partial charge in [0.2, 0.25) is 5.78 Å². The Hall–Kier alpha value is -1.94. The second-order valence-corrected chi connectivity index (χ2v) is 8.13. The minimum atomic E-state index is -1.20. The van der Waals surface area contributed by atoms with Crippen LogP contribution in [0.5, 0.6) is 0 Å². The van der Waals surface area contributed by atoms with Gasteiger partial charge in [-0.3, -0.25) is 9.59 Å². The lowest BCUT2D eigenvalue weighted by molar-refractivity contribution is -0.129. The van der Waals surface area contributed by atoms with Gasteiger partial charge in [0.05, 0.1) is 5.60 Å². The molecule has 1 aliphatic carbocycles. The lowest BCUT2D eigenvalue weighted by Crippen LogP contribution is -2.40. The van der Waals surface area contributed by atoms with Gasteiger partial charge >= 0.3 is 0 Å². The summed E-state index contributed by atoms with van der Waals surface area (Å²) in [6.07, 6.45) is 7.48. The zero-order chi connectivity index (χ0) is 17.9. The SMILES string of the molecule is CC1=C2CC(C)(C)/C=C\C(=O)/C(C)=C\C3=CC(C)(O)CC3(O2)C1=O. The molecule has 3 aliphatic rings. The number of Topliss-reactive ketones (excluding diaryl/α,β-unsaturated/α-hetero) is 1. The molecule has 1 N–H and O–H groups in total. The van der Waals surface area contributed by atoms with E-state index in [0.29, 0.717) is 28.9 Å². The van der Waals surface area contributed by atoms with Crippen LogP contribution in [0, 0.1) is 5.41 Å². The average Bonchev–Trinajstić information content (AvgIpc) is 2.83. The Morgan fingerprint density at radius 3 is 2.50 bits per heavy atom. The van der Waals surface area contributed by atoms with Gasteiger partial charge in [-0.15, -0.1) is 0 Å². The van der Waals surface area contributed by atoms with Crippen molar-refractivity contribution in [2.45, 2.75) is 58.7 Å². The molecule has 0 saturated carbocycles. The molecule has 128 valence electrons. The summed E-state index contributed by atoms with van der Waals surface area (Å²) in [7, 11) is 0. The summed E-state index contributed by atoms with van der Waals surface area (Å²) in [5.74, 6) is 0.443. The van der Waals surface area contributed by atoms with Gasteiger partial charge in [0.25, 0.3) is 0 Å². The highest BCUT2D eigenvalue weighted by atomic mass is 16.5. The molecule has 4 nitrogen and oxygen atoms in total. The second kappa shape index (κ2) is 5.03. The topological polar surface area (TPSA) is 63.6 Å². The van der Waals surface area contributed by atoms with E-state index >= 15 is 0 Å². The zero-order valence-corrected chi connectivity index (χ0v) is 14.9. The van der Waals surface area contributed by atoms with Crippen LogP contribution < -0.4 is 0 Å². The van der Waals surface area contributed by atoms with Gasteiger partial charge in [-0.2, -0.15) is 0 Å².